The summed E-state index contributed by atoms with van der Waals surface area (Å²) in [5, 5.41) is 14.4. The van der Waals surface area contributed by atoms with Crippen molar-refractivity contribution in [3.63, 3.8) is 0 Å². The van der Waals surface area contributed by atoms with Gasteiger partial charge in [-0.2, -0.15) is 9.40 Å². The number of ether oxygens (including phenoxy) is 1. The summed E-state index contributed by atoms with van der Waals surface area (Å²) in [6, 6.07) is -0.787. The highest BCUT2D eigenvalue weighted by atomic mass is 35.5. The second-order valence-corrected chi connectivity index (χ2v) is 4.98. The molecule has 0 saturated heterocycles. The number of hydrogen-bond donors (Lipinski definition) is 3. The van der Waals surface area contributed by atoms with E-state index in [1.807, 2.05) is 0 Å². The van der Waals surface area contributed by atoms with Crippen molar-refractivity contribution in [2.24, 2.45) is 5.29 Å². The molecule has 140 valence electrons. The van der Waals surface area contributed by atoms with Gasteiger partial charge in [-0.1, -0.05) is 0 Å². The van der Waals surface area contributed by atoms with E-state index in [2.05, 4.69) is 10.6 Å². The highest BCUT2D eigenvalue weighted by molar-refractivity contribution is 6.18. The lowest BCUT2D eigenvalue weighted by molar-refractivity contribution is -0.0148. The van der Waals surface area contributed by atoms with Crippen LogP contribution >= 0.6 is 11.6 Å². The fourth-order valence-corrected chi connectivity index (χ4v) is 1.95. The number of nitrogens with one attached hydrogen (secondary N) is 2. The van der Waals surface area contributed by atoms with Crippen LogP contribution in [0.4, 0.5) is 9.18 Å². The highest BCUT2D eigenvalue weighted by Crippen LogP contribution is 2.10. The lowest BCUT2D eigenvalue weighted by Crippen LogP contribution is -2.39. The first-order valence-electron chi connectivity index (χ1n) is 7.12. The smallest absolute Gasteiger partial charge is 0.340 e. The zero-order valence-corrected chi connectivity index (χ0v) is 13.7. The second-order valence-electron chi connectivity index (χ2n) is 4.61. The van der Waals surface area contributed by atoms with Crippen LogP contribution in [0.5, 0.6) is 0 Å². The van der Waals surface area contributed by atoms with Gasteiger partial charge in [-0.25, -0.2) is 9.59 Å². The van der Waals surface area contributed by atoms with Gasteiger partial charge in [-0.05, 0) is 0 Å². The van der Waals surface area contributed by atoms with E-state index in [4.69, 9.17) is 21.4 Å². The number of alkyl halides is 1. The van der Waals surface area contributed by atoms with E-state index in [0.717, 1.165) is 4.57 Å². The molecule has 0 fully saturated rings. The normalized spacial score (nSPS) is 11.8. The van der Waals surface area contributed by atoms with Crippen molar-refractivity contribution < 1.29 is 19.0 Å². The van der Waals surface area contributed by atoms with E-state index >= 15 is 0 Å². The SMILES string of the molecule is O=NN(CCCl)C(=O)NCCOC(CCO)n1cc(F)c(=O)[nH]c1=O. The number of carbonyl (C=O) groups excluding carboxylic acids is 1. The lowest BCUT2D eigenvalue weighted by atomic mass is 10.4. The maximum absolute atomic E-state index is 13.3. The van der Waals surface area contributed by atoms with Crippen LogP contribution in [0, 0.1) is 10.7 Å². The standard InChI is InChI=1S/C12H17ClFN5O6/c13-2-4-19(17-24)11(22)15-3-6-25-9(1-5-20)18-7-8(14)10(21)16-12(18)23/h7,9,20H,1-6H2,(H,15,22)(H,16,21,23). The van der Waals surface area contributed by atoms with Gasteiger partial charge in [0.15, 0.2) is 0 Å². The van der Waals surface area contributed by atoms with E-state index in [1.54, 1.807) is 4.98 Å². The Hall–Kier alpha value is -2.31. The van der Waals surface area contributed by atoms with Gasteiger partial charge in [0, 0.05) is 25.5 Å². The van der Waals surface area contributed by atoms with Gasteiger partial charge in [0.05, 0.1) is 24.6 Å². The third-order valence-electron chi connectivity index (χ3n) is 2.93. The Balaban J connectivity index is 2.64. The Labute approximate surface area is 145 Å². The number of halogens is 2. The minimum Gasteiger partial charge on any atom is -0.396 e. The third kappa shape index (κ3) is 6.25. The van der Waals surface area contributed by atoms with Crippen molar-refractivity contribution in [3.05, 3.63) is 37.8 Å². The Morgan fingerprint density at radius 1 is 1.56 bits per heavy atom. The topological polar surface area (TPSA) is 146 Å². The molecule has 0 aromatic carbocycles. The molecule has 0 saturated carbocycles. The number of rotatable bonds is 10. The van der Waals surface area contributed by atoms with Crippen LogP contribution in [0.25, 0.3) is 0 Å². The maximum Gasteiger partial charge on any atom is 0.340 e. The van der Waals surface area contributed by atoms with E-state index in [1.165, 1.54) is 0 Å². The number of aliphatic hydroxyl groups is 1. The van der Waals surface area contributed by atoms with Crippen LogP contribution in [0.1, 0.15) is 12.6 Å². The lowest BCUT2D eigenvalue weighted by Gasteiger charge is -2.19. The van der Waals surface area contributed by atoms with Crippen molar-refractivity contribution in [3.8, 4) is 0 Å². The molecule has 13 heteroatoms. The van der Waals surface area contributed by atoms with Crippen molar-refractivity contribution >= 4 is 17.6 Å². The summed E-state index contributed by atoms with van der Waals surface area (Å²) in [5.41, 5.74) is -2.08. The highest BCUT2D eigenvalue weighted by Gasteiger charge is 2.16. The fourth-order valence-electron chi connectivity index (χ4n) is 1.79. The summed E-state index contributed by atoms with van der Waals surface area (Å²) >= 11 is 5.41. The zero-order valence-electron chi connectivity index (χ0n) is 13.0. The van der Waals surface area contributed by atoms with Gasteiger partial charge >= 0.3 is 11.7 Å². The Morgan fingerprint density at radius 3 is 2.88 bits per heavy atom. The molecular weight excluding hydrogens is 365 g/mol. The number of nitrogens with zero attached hydrogens (tertiary/aromatic N) is 3. The van der Waals surface area contributed by atoms with Gasteiger partial charge in [0.25, 0.3) is 5.56 Å². The second kappa shape index (κ2) is 10.5. The first-order chi connectivity index (χ1) is 11.9. The number of amides is 2. The summed E-state index contributed by atoms with van der Waals surface area (Å²) in [5.74, 6) is -1.16. The monoisotopic (exact) mass is 381 g/mol. The molecule has 0 aliphatic heterocycles. The molecule has 1 atom stereocenters. The molecule has 1 aromatic rings. The van der Waals surface area contributed by atoms with Crippen molar-refractivity contribution in [2.75, 3.05) is 32.2 Å². The number of urea groups is 1. The molecule has 1 unspecified atom stereocenters. The molecule has 0 bridgehead atoms. The van der Waals surface area contributed by atoms with Gasteiger partial charge in [-0.15, -0.1) is 16.5 Å². The fraction of sp³-hybridized carbons (Fsp3) is 0.583. The molecule has 1 aromatic heterocycles. The molecule has 0 spiro atoms. The molecule has 1 rings (SSSR count). The molecule has 0 radical (unpaired) electrons. The number of aromatic amines is 1. The third-order valence-corrected chi connectivity index (χ3v) is 3.10. The summed E-state index contributed by atoms with van der Waals surface area (Å²) in [7, 11) is 0. The first-order valence-corrected chi connectivity index (χ1v) is 7.66. The average Bonchev–Trinajstić information content (AvgIpc) is 2.58. The van der Waals surface area contributed by atoms with Gasteiger partial charge < -0.3 is 15.2 Å². The average molecular weight is 382 g/mol. The van der Waals surface area contributed by atoms with Crippen molar-refractivity contribution in [2.45, 2.75) is 12.6 Å². The Kier molecular flexibility index (Phi) is 8.74. The summed E-state index contributed by atoms with van der Waals surface area (Å²) in [4.78, 5) is 46.5. The molecule has 0 aliphatic carbocycles. The predicted molar refractivity (Wildman–Crippen MR) is 84.6 cm³/mol. The number of aliphatic hydroxyl groups excluding tert-OH is 1. The quantitative estimate of drug-likeness (QED) is 0.215. The van der Waals surface area contributed by atoms with Crippen molar-refractivity contribution in [1.82, 2.24) is 19.9 Å². The van der Waals surface area contributed by atoms with E-state index in [-0.39, 0.29) is 38.6 Å². The van der Waals surface area contributed by atoms with Crippen LogP contribution in [-0.4, -0.2) is 57.9 Å². The zero-order chi connectivity index (χ0) is 18.8. The van der Waals surface area contributed by atoms with Gasteiger partial charge in [0.1, 0.15) is 6.23 Å². The largest absolute Gasteiger partial charge is 0.396 e. The Morgan fingerprint density at radius 2 is 2.28 bits per heavy atom. The van der Waals surface area contributed by atoms with Gasteiger partial charge in [0.2, 0.25) is 5.82 Å². The van der Waals surface area contributed by atoms with Crippen LogP contribution < -0.4 is 16.6 Å². The summed E-state index contributed by atoms with van der Waals surface area (Å²) in [6.45, 7) is -0.632. The summed E-state index contributed by atoms with van der Waals surface area (Å²) in [6.07, 6.45) is -0.462. The van der Waals surface area contributed by atoms with Gasteiger partial charge in [-0.3, -0.25) is 14.3 Å². The van der Waals surface area contributed by atoms with Crippen molar-refractivity contribution in [1.29, 1.82) is 0 Å². The summed E-state index contributed by atoms with van der Waals surface area (Å²) < 4.78 is 19.4. The minimum absolute atomic E-state index is 0.0227. The molecule has 0 aliphatic rings. The molecule has 3 N–H and O–H groups in total. The van der Waals surface area contributed by atoms with Crippen LogP contribution in [0.2, 0.25) is 0 Å². The maximum atomic E-state index is 13.3. The van der Waals surface area contributed by atoms with E-state index in [9.17, 15) is 23.7 Å². The number of carbonyl (C=O) groups is 1. The molecule has 25 heavy (non-hydrogen) atoms. The first kappa shape index (κ1) is 20.7. The number of nitroso groups, excluding NO2 is 1. The number of H-pyrrole nitrogens is 1. The Bertz CT molecular complexity index is 695. The molecular formula is C12H17ClFN5O6. The molecule has 1 heterocycles. The predicted octanol–water partition coefficient (Wildman–Crippen LogP) is -0.495. The van der Waals surface area contributed by atoms with Crippen LogP contribution in [-0.2, 0) is 4.74 Å². The van der Waals surface area contributed by atoms with Crippen LogP contribution in [0.15, 0.2) is 21.1 Å². The number of hydrogen-bond acceptors (Lipinski definition) is 7. The van der Waals surface area contributed by atoms with E-state index < -0.39 is 29.3 Å². The number of aromatic nitrogens is 2. The van der Waals surface area contributed by atoms with Crippen LogP contribution in [0.3, 0.4) is 0 Å². The minimum atomic E-state index is -1.19. The molecule has 2 amide bonds. The van der Waals surface area contributed by atoms with E-state index in [0.29, 0.717) is 11.2 Å². The molecule has 11 nitrogen and oxygen atoms in total.